The summed E-state index contributed by atoms with van der Waals surface area (Å²) in [6.45, 7) is 1.72. The van der Waals surface area contributed by atoms with Gasteiger partial charge in [0.1, 0.15) is 16.7 Å². The van der Waals surface area contributed by atoms with Crippen molar-refractivity contribution in [3.8, 4) is 0 Å². The van der Waals surface area contributed by atoms with E-state index >= 15 is 0 Å². The maximum Gasteiger partial charge on any atom is 0.273 e. The Bertz CT molecular complexity index is 806. The first-order chi connectivity index (χ1) is 8.11. The van der Waals surface area contributed by atoms with E-state index in [9.17, 15) is 4.79 Å². The number of pyridine rings is 1. The van der Waals surface area contributed by atoms with Crippen LogP contribution in [-0.2, 0) is 0 Å². The minimum atomic E-state index is -0.130. The Morgan fingerprint density at radius 3 is 2.94 bits per heavy atom. The Morgan fingerprint density at radius 1 is 1.41 bits per heavy atom. The second kappa shape index (κ2) is 3.71. The van der Waals surface area contributed by atoms with E-state index in [1.165, 1.54) is 2.78 Å². The topological polar surface area (TPSA) is 48.0 Å². The number of nitrogens with zero attached hydrogens (tertiary/aromatic N) is 2. The number of halogens is 2. The van der Waals surface area contributed by atoms with Crippen LogP contribution in [0.3, 0.4) is 0 Å². The third-order valence-corrected chi connectivity index (χ3v) is 3.97. The molecule has 4 nitrogen and oxygen atoms in total. The monoisotopic (exact) mass is 360 g/mol. The minimum absolute atomic E-state index is 0.130. The van der Waals surface area contributed by atoms with Crippen LogP contribution in [0.15, 0.2) is 27.5 Å². The van der Waals surface area contributed by atoms with Crippen molar-refractivity contribution in [3.63, 3.8) is 0 Å². The van der Waals surface area contributed by atoms with Gasteiger partial charge in [0.15, 0.2) is 0 Å². The van der Waals surface area contributed by atoms with Crippen molar-refractivity contribution in [2.75, 3.05) is 0 Å². The molecule has 17 heavy (non-hydrogen) atoms. The van der Waals surface area contributed by atoms with Gasteiger partial charge in [-0.1, -0.05) is 22.8 Å². The number of rotatable bonds is 0. The first-order valence-electron chi connectivity index (χ1n) is 4.86. The molecule has 0 atom stereocenters. The Morgan fingerprint density at radius 2 is 2.18 bits per heavy atom. The zero-order valence-electron chi connectivity index (χ0n) is 8.70. The molecule has 6 heteroatoms. The Kier molecular flexibility index (Phi) is 2.41. The molecule has 0 aliphatic rings. The quantitative estimate of drug-likeness (QED) is 0.578. The lowest BCUT2D eigenvalue weighted by Crippen LogP contribution is -2.13. The van der Waals surface area contributed by atoms with Gasteiger partial charge in [-0.05, 0) is 19.1 Å². The van der Waals surface area contributed by atoms with Gasteiger partial charge in [0.05, 0.1) is 33.4 Å². The maximum atomic E-state index is 12.1. The summed E-state index contributed by atoms with van der Waals surface area (Å²) in [7, 11) is 0. The molecular weight excluding hydrogens is 354 g/mol. The van der Waals surface area contributed by atoms with Crippen LogP contribution in [0, 0.1) is 6.92 Å². The molecule has 2 aromatic heterocycles. The molecule has 3 aromatic rings. The molecule has 0 aliphatic carbocycles. The van der Waals surface area contributed by atoms with E-state index in [4.69, 9.17) is 16.1 Å². The van der Waals surface area contributed by atoms with Crippen molar-refractivity contribution in [2.45, 2.75) is 6.92 Å². The smallest absolute Gasteiger partial charge is 0.273 e. The van der Waals surface area contributed by atoms with Crippen LogP contribution in [-0.4, -0.2) is 7.94 Å². The highest BCUT2D eigenvalue weighted by Crippen LogP contribution is 2.30. The van der Waals surface area contributed by atoms with Crippen LogP contribution < -0.4 is 5.56 Å². The number of fused-ring (bicyclic) bond motifs is 3. The molecule has 3 rings (SSSR count). The summed E-state index contributed by atoms with van der Waals surface area (Å²) in [4.78, 5) is 12.1. The van der Waals surface area contributed by atoms with Gasteiger partial charge < -0.3 is 4.52 Å². The fourth-order valence-corrected chi connectivity index (χ4v) is 2.82. The van der Waals surface area contributed by atoms with Crippen LogP contribution >= 0.6 is 34.5 Å². The molecule has 1 aromatic carbocycles. The summed E-state index contributed by atoms with van der Waals surface area (Å²) in [5, 5.41) is 5.73. The van der Waals surface area contributed by atoms with E-state index in [-0.39, 0.29) is 5.56 Å². The number of hydrogen-bond donors (Lipinski definition) is 0. The summed E-state index contributed by atoms with van der Waals surface area (Å²) in [6.07, 6.45) is 0. The second-order valence-electron chi connectivity index (χ2n) is 3.68. The summed E-state index contributed by atoms with van der Waals surface area (Å²) in [5.74, 6) is 0.511. The Hall–Kier alpha value is -1.08. The Balaban J connectivity index is 2.78. The van der Waals surface area contributed by atoms with Gasteiger partial charge in [-0.3, -0.25) is 4.79 Å². The molecule has 0 fully saturated rings. The number of hydrogen-bond acceptors (Lipinski definition) is 3. The summed E-state index contributed by atoms with van der Waals surface area (Å²) < 4.78 is 6.62. The first kappa shape index (κ1) is 11.0. The highest BCUT2D eigenvalue weighted by Gasteiger charge is 2.17. The summed E-state index contributed by atoms with van der Waals surface area (Å²) in [6, 6.07) is 5.41. The van der Waals surface area contributed by atoms with Gasteiger partial charge in [0.2, 0.25) is 0 Å². The van der Waals surface area contributed by atoms with Gasteiger partial charge in [0, 0.05) is 5.39 Å². The highest BCUT2D eigenvalue weighted by molar-refractivity contribution is 14.1. The van der Waals surface area contributed by atoms with Crippen molar-refractivity contribution >= 4 is 56.3 Å². The van der Waals surface area contributed by atoms with Crippen molar-refractivity contribution in [2.24, 2.45) is 0 Å². The standard InChI is InChI=1S/C11H6ClIN2O2/c1-5-8-10(14-17-5)9-6(12)3-2-4-7(9)15(13)11(8)16/h2-4H,1H3. The molecule has 0 N–H and O–H groups in total. The molecule has 0 radical (unpaired) electrons. The maximum absolute atomic E-state index is 12.1. The number of benzene rings is 1. The van der Waals surface area contributed by atoms with Crippen molar-refractivity contribution in [1.29, 1.82) is 0 Å². The van der Waals surface area contributed by atoms with E-state index in [0.717, 1.165) is 10.9 Å². The first-order valence-corrected chi connectivity index (χ1v) is 6.21. The fourth-order valence-electron chi connectivity index (χ4n) is 1.91. The highest BCUT2D eigenvalue weighted by atomic mass is 127. The molecule has 0 spiro atoms. The normalized spacial score (nSPS) is 11.5. The van der Waals surface area contributed by atoms with Gasteiger partial charge in [-0.15, -0.1) is 0 Å². The summed E-state index contributed by atoms with van der Waals surface area (Å²) in [5.41, 5.74) is 1.14. The molecule has 0 aliphatic heterocycles. The molecule has 0 saturated heterocycles. The average molecular weight is 361 g/mol. The van der Waals surface area contributed by atoms with Crippen LogP contribution in [0.5, 0.6) is 0 Å². The second-order valence-corrected chi connectivity index (χ2v) is 5.05. The average Bonchev–Trinajstić information content (AvgIpc) is 2.68. The Labute approximate surface area is 115 Å². The van der Waals surface area contributed by atoms with Crippen molar-refractivity contribution in [1.82, 2.24) is 7.94 Å². The SMILES string of the molecule is Cc1onc2c1c(=O)n(I)c1cccc(Cl)c21. The third-order valence-electron chi connectivity index (χ3n) is 2.69. The molecule has 0 saturated carbocycles. The van der Waals surface area contributed by atoms with Crippen LogP contribution in [0.25, 0.3) is 21.8 Å². The van der Waals surface area contributed by atoms with Gasteiger partial charge in [0.25, 0.3) is 5.56 Å². The molecule has 86 valence electrons. The van der Waals surface area contributed by atoms with E-state index in [0.29, 0.717) is 21.7 Å². The molecule has 2 heterocycles. The van der Waals surface area contributed by atoms with Gasteiger partial charge in [-0.2, -0.15) is 0 Å². The molecule has 0 bridgehead atoms. The van der Waals surface area contributed by atoms with Crippen LogP contribution in [0.1, 0.15) is 5.76 Å². The van der Waals surface area contributed by atoms with E-state index < -0.39 is 0 Å². The van der Waals surface area contributed by atoms with Crippen LogP contribution in [0.2, 0.25) is 5.02 Å². The molecular formula is C11H6ClIN2O2. The number of aryl methyl sites for hydroxylation is 1. The van der Waals surface area contributed by atoms with Crippen LogP contribution in [0.4, 0.5) is 0 Å². The molecule has 0 unspecified atom stereocenters. The van der Waals surface area contributed by atoms with Gasteiger partial charge in [-0.25, -0.2) is 2.78 Å². The van der Waals surface area contributed by atoms with Crippen molar-refractivity contribution < 1.29 is 4.52 Å². The lowest BCUT2D eigenvalue weighted by molar-refractivity contribution is 0.406. The zero-order chi connectivity index (χ0) is 12.2. The predicted molar refractivity (Wildman–Crippen MR) is 74.9 cm³/mol. The van der Waals surface area contributed by atoms with E-state index in [2.05, 4.69) is 5.16 Å². The van der Waals surface area contributed by atoms with Gasteiger partial charge >= 0.3 is 0 Å². The summed E-state index contributed by atoms with van der Waals surface area (Å²) >= 11 is 8.13. The zero-order valence-corrected chi connectivity index (χ0v) is 11.6. The minimum Gasteiger partial charge on any atom is -0.360 e. The molecule has 0 amide bonds. The van der Waals surface area contributed by atoms with E-state index in [1.807, 2.05) is 28.9 Å². The lowest BCUT2D eigenvalue weighted by Gasteiger charge is -2.04. The fraction of sp³-hybridized carbons (Fsp3) is 0.0909. The lowest BCUT2D eigenvalue weighted by atomic mass is 10.1. The largest absolute Gasteiger partial charge is 0.360 e. The van der Waals surface area contributed by atoms with Crippen molar-refractivity contribution in [3.05, 3.63) is 39.3 Å². The third kappa shape index (κ3) is 1.42. The predicted octanol–water partition coefficient (Wildman–Crippen LogP) is 3.30. The number of aromatic nitrogens is 2. The van der Waals surface area contributed by atoms with E-state index in [1.54, 1.807) is 19.1 Å².